The Balaban J connectivity index is 1.62. The molecule has 0 heterocycles. The van der Waals surface area contributed by atoms with Crippen LogP contribution in [0.25, 0.3) is 0 Å². The van der Waals surface area contributed by atoms with Crippen molar-refractivity contribution in [3.63, 3.8) is 0 Å². The van der Waals surface area contributed by atoms with Crippen LogP contribution in [0.2, 0.25) is 0 Å². The monoisotopic (exact) mass is 295 g/mol. The molecule has 2 aromatic carbocycles. The first kappa shape index (κ1) is 13.9. The topological polar surface area (TPSA) is 12.0 Å². The molecule has 0 amide bonds. The molecule has 0 unspecified atom stereocenters. The van der Waals surface area contributed by atoms with Crippen molar-refractivity contribution in [2.75, 3.05) is 5.32 Å². The summed E-state index contributed by atoms with van der Waals surface area (Å²) in [6.07, 6.45) is 1.48. The maximum Gasteiger partial charge on any atom is 0.161 e. The highest BCUT2D eigenvalue weighted by atomic mass is 19.2. The third-order valence-corrected chi connectivity index (χ3v) is 3.85. The molecule has 1 aliphatic carbocycles. The number of hydrogen-bond donors (Lipinski definition) is 1. The van der Waals surface area contributed by atoms with Crippen LogP contribution in [0.15, 0.2) is 36.4 Å². The Kier molecular flexibility index (Phi) is 3.57. The molecule has 110 valence electrons. The van der Waals surface area contributed by atoms with Gasteiger partial charge in [-0.15, -0.1) is 0 Å². The molecule has 0 aromatic heterocycles. The lowest BCUT2D eigenvalue weighted by atomic mass is 9.76. The summed E-state index contributed by atoms with van der Waals surface area (Å²) in [7, 11) is 0. The van der Waals surface area contributed by atoms with Crippen LogP contribution in [0, 0.1) is 23.3 Å². The van der Waals surface area contributed by atoms with E-state index in [0.29, 0.717) is 6.07 Å². The van der Waals surface area contributed by atoms with E-state index in [-0.39, 0.29) is 23.5 Å². The Labute approximate surface area is 119 Å². The van der Waals surface area contributed by atoms with Crippen LogP contribution in [-0.4, -0.2) is 6.04 Å². The molecular formula is C16H13F4N. The SMILES string of the molecule is Fc1ccc(C2CC(Nc3cc(F)c(F)cc3F)C2)cc1. The Morgan fingerprint density at radius 1 is 0.810 bits per heavy atom. The van der Waals surface area contributed by atoms with Gasteiger partial charge in [-0.3, -0.25) is 0 Å². The van der Waals surface area contributed by atoms with E-state index < -0.39 is 17.5 Å². The molecule has 1 N–H and O–H groups in total. The Morgan fingerprint density at radius 2 is 1.43 bits per heavy atom. The van der Waals surface area contributed by atoms with Crippen LogP contribution in [0.5, 0.6) is 0 Å². The van der Waals surface area contributed by atoms with Crippen molar-refractivity contribution in [3.8, 4) is 0 Å². The Morgan fingerprint density at radius 3 is 2.10 bits per heavy atom. The minimum absolute atomic E-state index is 0.000542. The van der Waals surface area contributed by atoms with Gasteiger partial charge in [0.15, 0.2) is 11.6 Å². The van der Waals surface area contributed by atoms with Gasteiger partial charge in [0.05, 0.1) is 5.69 Å². The summed E-state index contributed by atoms with van der Waals surface area (Å²) in [6, 6.07) is 7.64. The molecule has 1 fully saturated rings. The molecule has 0 saturated heterocycles. The van der Waals surface area contributed by atoms with Gasteiger partial charge < -0.3 is 5.32 Å². The zero-order chi connectivity index (χ0) is 15.0. The lowest BCUT2D eigenvalue weighted by Crippen LogP contribution is -2.34. The molecule has 1 aliphatic rings. The van der Waals surface area contributed by atoms with Crippen molar-refractivity contribution in [1.82, 2.24) is 0 Å². The van der Waals surface area contributed by atoms with E-state index in [4.69, 9.17) is 0 Å². The summed E-state index contributed by atoms with van der Waals surface area (Å²) < 4.78 is 52.3. The quantitative estimate of drug-likeness (QED) is 0.644. The first-order valence-corrected chi connectivity index (χ1v) is 6.69. The fourth-order valence-electron chi connectivity index (χ4n) is 2.60. The molecule has 2 aromatic rings. The third kappa shape index (κ3) is 2.86. The summed E-state index contributed by atoms with van der Waals surface area (Å²) in [6.45, 7) is 0. The highest BCUT2D eigenvalue weighted by Gasteiger charge is 2.30. The summed E-state index contributed by atoms with van der Waals surface area (Å²) in [5.74, 6) is -3.09. The van der Waals surface area contributed by atoms with E-state index in [1.807, 2.05) is 0 Å². The van der Waals surface area contributed by atoms with Crippen LogP contribution >= 0.6 is 0 Å². The molecule has 5 heteroatoms. The van der Waals surface area contributed by atoms with Gasteiger partial charge in [-0.05, 0) is 36.5 Å². The van der Waals surface area contributed by atoms with E-state index >= 15 is 0 Å². The first-order chi connectivity index (χ1) is 10.0. The minimum atomic E-state index is -1.20. The zero-order valence-electron chi connectivity index (χ0n) is 11.0. The summed E-state index contributed by atoms with van der Waals surface area (Å²) in [5, 5.41) is 2.87. The Hall–Kier alpha value is -2.04. The lowest BCUT2D eigenvalue weighted by Gasteiger charge is -2.37. The number of hydrogen-bond acceptors (Lipinski definition) is 1. The standard InChI is InChI=1S/C16H13F4N/c17-11-3-1-9(2-4-11)10-5-12(6-10)21-16-8-14(19)13(18)7-15(16)20/h1-4,7-8,10,12,21H,5-6H2. The molecule has 0 atom stereocenters. The van der Waals surface area contributed by atoms with Gasteiger partial charge in [-0.1, -0.05) is 12.1 Å². The van der Waals surface area contributed by atoms with Crippen LogP contribution in [0.1, 0.15) is 24.3 Å². The normalized spacial score (nSPS) is 21.0. The predicted molar refractivity (Wildman–Crippen MR) is 72.1 cm³/mol. The smallest absolute Gasteiger partial charge is 0.161 e. The largest absolute Gasteiger partial charge is 0.380 e. The second-order valence-corrected chi connectivity index (χ2v) is 5.31. The van der Waals surface area contributed by atoms with E-state index in [0.717, 1.165) is 24.5 Å². The molecule has 0 aliphatic heterocycles. The second-order valence-electron chi connectivity index (χ2n) is 5.31. The number of benzene rings is 2. The molecular weight excluding hydrogens is 282 g/mol. The molecule has 3 rings (SSSR count). The highest BCUT2D eigenvalue weighted by Crippen LogP contribution is 2.38. The number of rotatable bonds is 3. The van der Waals surface area contributed by atoms with Crippen molar-refractivity contribution in [2.45, 2.75) is 24.8 Å². The summed E-state index contributed by atoms with van der Waals surface area (Å²) in [5.41, 5.74) is 0.997. The molecule has 0 spiro atoms. The number of halogens is 4. The molecule has 21 heavy (non-hydrogen) atoms. The first-order valence-electron chi connectivity index (χ1n) is 6.69. The number of nitrogens with one attached hydrogen (secondary N) is 1. The van der Waals surface area contributed by atoms with Crippen molar-refractivity contribution in [2.24, 2.45) is 0 Å². The van der Waals surface area contributed by atoms with E-state index in [2.05, 4.69) is 5.32 Å². The van der Waals surface area contributed by atoms with Crippen molar-refractivity contribution >= 4 is 5.69 Å². The fourth-order valence-corrected chi connectivity index (χ4v) is 2.60. The van der Waals surface area contributed by atoms with Crippen molar-refractivity contribution in [1.29, 1.82) is 0 Å². The molecule has 1 saturated carbocycles. The lowest BCUT2D eigenvalue weighted by molar-refractivity contribution is 0.372. The van der Waals surface area contributed by atoms with Gasteiger partial charge in [0.2, 0.25) is 0 Å². The summed E-state index contributed by atoms with van der Waals surface area (Å²) >= 11 is 0. The van der Waals surface area contributed by atoms with E-state index in [1.165, 1.54) is 12.1 Å². The zero-order valence-corrected chi connectivity index (χ0v) is 11.0. The van der Waals surface area contributed by atoms with Crippen molar-refractivity contribution < 1.29 is 17.6 Å². The third-order valence-electron chi connectivity index (χ3n) is 3.85. The van der Waals surface area contributed by atoms with Gasteiger partial charge in [0, 0.05) is 18.2 Å². The average Bonchev–Trinajstić information content (AvgIpc) is 2.40. The number of anilines is 1. The minimum Gasteiger partial charge on any atom is -0.380 e. The van der Waals surface area contributed by atoms with Gasteiger partial charge in [-0.2, -0.15) is 0 Å². The van der Waals surface area contributed by atoms with Gasteiger partial charge >= 0.3 is 0 Å². The molecule has 0 bridgehead atoms. The van der Waals surface area contributed by atoms with Crippen LogP contribution in [0.4, 0.5) is 23.2 Å². The van der Waals surface area contributed by atoms with Crippen molar-refractivity contribution in [3.05, 3.63) is 65.2 Å². The van der Waals surface area contributed by atoms with Gasteiger partial charge in [-0.25, -0.2) is 17.6 Å². The fraction of sp³-hybridized carbons (Fsp3) is 0.250. The van der Waals surface area contributed by atoms with Crippen LogP contribution < -0.4 is 5.32 Å². The summed E-state index contributed by atoms with van der Waals surface area (Å²) in [4.78, 5) is 0. The molecule has 0 radical (unpaired) electrons. The van der Waals surface area contributed by atoms with E-state index in [9.17, 15) is 17.6 Å². The second kappa shape index (κ2) is 5.39. The van der Waals surface area contributed by atoms with E-state index in [1.54, 1.807) is 12.1 Å². The molecule has 1 nitrogen and oxygen atoms in total. The maximum atomic E-state index is 13.5. The Bertz CT molecular complexity index is 648. The van der Waals surface area contributed by atoms with Gasteiger partial charge in [0.25, 0.3) is 0 Å². The average molecular weight is 295 g/mol. The highest BCUT2D eigenvalue weighted by molar-refractivity contribution is 5.47. The van der Waals surface area contributed by atoms with Crippen LogP contribution in [-0.2, 0) is 0 Å². The van der Waals surface area contributed by atoms with Crippen LogP contribution in [0.3, 0.4) is 0 Å². The maximum absolute atomic E-state index is 13.5. The predicted octanol–water partition coefficient (Wildman–Crippen LogP) is 4.60. The van der Waals surface area contributed by atoms with Gasteiger partial charge in [0.1, 0.15) is 11.6 Å².